The SMILES string of the molecule is COC(CNCCc1ccc2c(c1)OCCO2)OC. The van der Waals surface area contributed by atoms with E-state index in [4.69, 9.17) is 18.9 Å². The van der Waals surface area contributed by atoms with Crippen molar-refractivity contribution in [2.75, 3.05) is 40.5 Å². The van der Waals surface area contributed by atoms with Crippen LogP contribution in [-0.4, -0.2) is 46.8 Å². The summed E-state index contributed by atoms with van der Waals surface area (Å²) in [6.07, 6.45) is 0.733. The van der Waals surface area contributed by atoms with Gasteiger partial charge in [-0.05, 0) is 30.7 Å². The lowest BCUT2D eigenvalue weighted by atomic mass is 10.1. The number of rotatable bonds is 7. The van der Waals surface area contributed by atoms with Gasteiger partial charge in [-0.2, -0.15) is 0 Å². The quantitative estimate of drug-likeness (QED) is 0.594. The molecule has 0 bridgehead atoms. The molecule has 0 fully saturated rings. The fraction of sp³-hybridized carbons (Fsp3) is 0.571. The summed E-state index contributed by atoms with van der Waals surface area (Å²) in [5.41, 5.74) is 1.23. The van der Waals surface area contributed by atoms with Crippen LogP contribution < -0.4 is 14.8 Å². The van der Waals surface area contributed by atoms with Gasteiger partial charge in [0.1, 0.15) is 13.2 Å². The maximum atomic E-state index is 5.56. The van der Waals surface area contributed by atoms with Gasteiger partial charge < -0.3 is 24.3 Å². The molecular formula is C14H21NO4. The smallest absolute Gasteiger partial charge is 0.169 e. The van der Waals surface area contributed by atoms with Gasteiger partial charge in [0, 0.05) is 20.8 Å². The summed E-state index contributed by atoms with van der Waals surface area (Å²) in [6, 6.07) is 6.08. The van der Waals surface area contributed by atoms with Gasteiger partial charge in [-0.1, -0.05) is 6.07 Å². The maximum Gasteiger partial charge on any atom is 0.169 e. The zero-order valence-corrected chi connectivity index (χ0v) is 11.5. The van der Waals surface area contributed by atoms with Crippen LogP contribution in [0.4, 0.5) is 0 Å². The molecule has 0 saturated heterocycles. The minimum atomic E-state index is -0.194. The number of hydrogen-bond donors (Lipinski definition) is 1. The summed E-state index contributed by atoms with van der Waals surface area (Å²) in [7, 11) is 3.27. The largest absolute Gasteiger partial charge is 0.486 e. The van der Waals surface area contributed by atoms with Gasteiger partial charge in [-0.25, -0.2) is 0 Å². The highest BCUT2D eigenvalue weighted by Gasteiger charge is 2.11. The van der Waals surface area contributed by atoms with E-state index in [1.165, 1.54) is 5.56 Å². The highest BCUT2D eigenvalue weighted by Crippen LogP contribution is 2.30. The first-order chi connectivity index (χ1) is 9.33. The van der Waals surface area contributed by atoms with E-state index in [0.717, 1.165) is 24.5 Å². The Balaban J connectivity index is 1.77. The first-order valence-corrected chi connectivity index (χ1v) is 6.48. The second kappa shape index (κ2) is 7.33. The molecule has 0 aliphatic carbocycles. The van der Waals surface area contributed by atoms with Crippen LogP contribution in [0.25, 0.3) is 0 Å². The van der Waals surface area contributed by atoms with E-state index in [-0.39, 0.29) is 6.29 Å². The first-order valence-electron chi connectivity index (χ1n) is 6.48. The molecular weight excluding hydrogens is 246 g/mol. The van der Waals surface area contributed by atoms with Gasteiger partial charge >= 0.3 is 0 Å². The number of benzene rings is 1. The van der Waals surface area contributed by atoms with E-state index in [1.807, 2.05) is 12.1 Å². The number of methoxy groups -OCH3 is 2. The standard InChI is InChI=1S/C14H21NO4/c1-16-14(17-2)10-15-6-5-11-3-4-12-13(9-11)19-8-7-18-12/h3-4,9,14-15H,5-8,10H2,1-2H3. The summed E-state index contributed by atoms with van der Waals surface area (Å²) in [4.78, 5) is 0. The zero-order valence-electron chi connectivity index (χ0n) is 11.5. The molecule has 106 valence electrons. The molecule has 0 spiro atoms. The predicted molar refractivity (Wildman–Crippen MR) is 71.8 cm³/mol. The van der Waals surface area contributed by atoms with Crippen molar-refractivity contribution < 1.29 is 18.9 Å². The zero-order chi connectivity index (χ0) is 13.5. The summed E-state index contributed by atoms with van der Waals surface area (Å²) in [6.45, 7) is 2.79. The molecule has 1 N–H and O–H groups in total. The van der Waals surface area contributed by atoms with Crippen molar-refractivity contribution in [2.45, 2.75) is 12.7 Å². The van der Waals surface area contributed by atoms with Crippen molar-refractivity contribution >= 4 is 0 Å². The van der Waals surface area contributed by atoms with E-state index in [9.17, 15) is 0 Å². The Morgan fingerprint density at radius 2 is 1.89 bits per heavy atom. The van der Waals surface area contributed by atoms with E-state index in [1.54, 1.807) is 14.2 Å². The summed E-state index contributed by atoms with van der Waals surface area (Å²) < 4.78 is 21.3. The minimum Gasteiger partial charge on any atom is -0.486 e. The van der Waals surface area contributed by atoms with Crippen molar-refractivity contribution in [2.24, 2.45) is 0 Å². The Kier molecular flexibility index (Phi) is 5.44. The van der Waals surface area contributed by atoms with Gasteiger partial charge in [0.25, 0.3) is 0 Å². The highest BCUT2D eigenvalue weighted by molar-refractivity contribution is 5.43. The van der Waals surface area contributed by atoms with Crippen LogP contribution in [0.3, 0.4) is 0 Å². The van der Waals surface area contributed by atoms with E-state index < -0.39 is 0 Å². The number of fused-ring (bicyclic) bond motifs is 1. The fourth-order valence-electron chi connectivity index (χ4n) is 1.96. The molecule has 5 nitrogen and oxygen atoms in total. The average molecular weight is 267 g/mol. The van der Waals surface area contributed by atoms with Crippen molar-refractivity contribution in [3.8, 4) is 11.5 Å². The lowest BCUT2D eigenvalue weighted by molar-refractivity contribution is -0.0986. The van der Waals surface area contributed by atoms with Crippen LogP contribution >= 0.6 is 0 Å². The fourth-order valence-corrected chi connectivity index (χ4v) is 1.96. The average Bonchev–Trinajstić information content (AvgIpc) is 2.47. The molecule has 0 unspecified atom stereocenters. The van der Waals surface area contributed by atoms with Gasteiger partial charge in [-0.3, -0.25) is 0 Å². The molecule has 1 heterocycles. The Hall–Kier alpha value is -1.30. The third-order valence-corrected chi connectivity index (χ3v) is 3.03. The molecule has 0 saturated carbocycles. The lowest BCUT2D eigenvalue weighted by Gasteiger charge is -2.19. The Morgan fingerprint density at radius 1 is 1.16 bits per heavy atom. The van der Waals surface area contributed by atoms with Crippen LogP contribution in [-0.2, 0) is 15.9 Å². The molecule has 19 heavy (non-hydrogen) atoms. The molecule has 0 radical (unpaired) electrons. The Morgan fingerprint density at radius 3 is 2.63 bits per heavy atom. The van der Waals surface area contributed by atoms with Crippen LogP contribution in [0.2, 0.25) is 0 Å². The second-order valence-electron chi connectivity index (χ2n) is 4.33. The molecule has 1 aliphatic rings. The second-order valence-corrected chi connectivity index (χ2v) is 4.33. The molecule has 5 heteroatoms. The molecule has 2 rings (SSSR count). The summed E-state index contributed by atoms with van der Waals surface area (Å²) in [5.74, 6) is 1.68. The molecule has 0 amide bonds. The minimum absolute atomic E-state index is 0.194. The maximum absolute atomic E-state index is 5.56. The van der Waals surface area contributed by atoms with Gasteiger partial charge in [-0.15, -0.1) is 0 Å². The van der Waals surface area contributed by atoms with E-state index in [2.05, 4.69) is 11.4 Å². The van der Waals surface area contributed by atoms with Crippen molar-refractivity contribution in [3.05, 3.63) is 23.8 Å². The van der Waals surface area contributed by atoms with Crippen molar-refractivity contribution in [1.82, 2.24) is 5.32 Å². The monoisotopic (exact) mass is 267 g/mol. The molecule has 1 aromatic rings. The number of nitrogens with one attached hydrogen (secondary N) is 1. The number of hydrogen-bond acceptors (Lipinski definition) is 5. The molecule has 1 aliphatic heterocycles. The Labute approximate surface area is 113 Å². The summed E-state index contributed by atoms with van der Waals surface area (Å²) >= 11 is 0. The topological polar surface area (TPSA) is 49.0 Å². The van der Waals surface area contributed by atoms with Gasteiger partial charge in [0.05, 0.1) is 0 Å². The van der Waals surface area contributed by atoms with Crippen LogP contribution in [0.5, 0.6) is 11.5 Å². The van der Waals surface area contributed by atoms with E-state index >= 15 is 0 Å². The van der Waals surface area contributed by atoms with Crippen LogP contribution in [0, 0.1) is 0 Å². The van der Waals surface area contributed by atoms with Crippen molar-refractivity contribution in [3.63, 3.8) is 0 Å². The summed E-state index contributed by atoms with van der Waals surface area (Å²) in [5, 5.41) is 3.29. The van der Waals surface area contributed by atoms with Gasteiger partial charge in [0.15, 0.2) is 17.8 Å². The van der Waals surface area contributed by atoms with Gasteiger partial charge in [0.2, 0.25) is 0 Å². The van der Waals surface area contributed by atoms with Crippen LogP contribution in [0.15, 0.2) is 18.2 Å². The molecule has 0 aromatic heterocycles. The normalized spacial score (nSPS) is 13.8. The third-order valence-electron chi connectivity index (χ3n) is 3.03. The molecule has 0 atom stereocenters. The lowest BCUT2D eigenvalue weighted by Crippen LogP contribution is -2.31. The number of ether oxygens (including phenoxy) is 4. The first kappa shape index (κ1) is 14.1. The Bertz CT molecular complexity index is 393. The predicted octanol–water partition coefficient (Wildman–Crippen LogP) is 1.21. The van der Waals surface area contributed by atoms with E-state index in [0.29, 0.717) is 19.8 Å². The van der Waals surface area contributed by atoms with Crippen molar-refractivity contribution in [1.29, 1.82) is 0 Å². The molecule has 1 aromatic carbocycles. The highest BCUT2D eigenvalue weighted by atomic mass is 16.7. The van der Waals surface area contributed by atoms with Crippen LogP contribution in [0.1, 0.15) is 5.56 Å². The third kappa shape index (κ3) is 4.09.